The highest BCUT2D eigenvalue weighted by Gasteiger charge is 2.12. The van der Waals surface area contributed by atoms with Crippen LogP contribution in [0, 0.1) is 0 Å². The van der Waals surface area contributed by atoms with Gasteiger partial charge in [-0.3, -0.25) is 4.68 Å². The molecular formula is C14H17Br2N3. The molecule has 0 saturated heterocycles. The number of benzene rings is 1. The number of nitrogens with one attached hydrogen (secondary N) is 1. The monoisotopic (exact) mass is 385 g/mol. The van der Waals surface area contributed by atoms with Gasteiger partial charge < -0.3 is 5.32 Å². The van der Waals surface area contributed by atoms with E-state index in [4.69, 9.17) is 0 Å². The zero-order chi connectivity index (χ0) is 14.0. The van der Waals surface area contributed by atoms with E-state index in [1.165, 1.54) is 5.56 Å². The summed E-state index contributed by atoms with van der Waals surface area (Å²) in [6.45, 7) is 5.10. The molecule has 2 rings (SSSR count). The molecule has 5 heteroatoms. The van der Waals surface area contributed by atoms with Crippen LogP contribution in [0.1, 0.15) is 31.0 Å². The summed E-state index contributed by atoms with van der Waals surface area (Å²) in [7, 11) is 1.96. The van der Waals surface area contributed by atoms with Gasteiger partial charge in [-0.1, -0.05) is 19.9 Å². The topological polar surface area (TPSA) is 29.9 Å². The van der Waals surface area contributed by atoms with Crippen LogP contribution in [-0.2, 0) is 13.6 Å². The lowest BCUT2D eigenvalue weighted by atomic mass is 10.1. The highest BCUT2D eigenvalue weighted by Crippen LogP contribution is 2.31. The molecule has 1 N–H and O–H groups in total. The third-order valence-electron chi connectivity index (χ3n) is 2.90. The average Bonchev–Trinajstić information content (AvgIpc) is 2.70. The van der Waals surface area contributed by atoms with Gasteiger partial charge in [0.2, 0.25) is 0 Å². The first kappa shape index (κ1) is 14.6. The molecule has 2 aromatic rings. The summed E-state index contributed by atoms with van der Waals surface area (Å²) in [6.07, 6.45) is 2.08. The zero-order valence-corrected chi connectivity index (χ0v) is 14.4. The van der Waals surface area contributed by atoms with Crippen LogP contribution in [0.25, 0.3) is 0 Å². The highest BCUT2D eigenvalue weighted by molar-refractivity contribution is 9.11. The number of halogens is 2. The van der Waals surface area contributed by atoms with Crippen LogP contribution < -0.4 is 5.32 Å². The van der Waals surface area contributed by atoms with Crippen molar-refractivity contribution >= 4 is 37.5 Å². The summed E-state index contributed by atoms with van der Waals surface area (Å²) in [6, 6.07) is 6.06. The minimum Gasteiger partial charge on any atom is -0.379 e. The number of nitrogens with zero attached hydrogens (tertiary/aromatic N) is 2. The lowest BCUT2D eigenvalue weighted by molar-refractivity contribution is 0.712. The fraction of sp³-hybridized carbons (Fsp3) is 0.357. The Kier molecular flexibility index (Phi) is 4.68. The van der Waals surface area contributed by atoms with Crippen molar-refractivity contribution in [1.29, 1.82) is 0 Å². The number of para-hydroxylation sites is 1. The van der Waals surface area contributed by atoms with E-state index < -0.39 is 0 Å². The highest BCUT2D eigenvalue weighted by atomic mass is 79.9. The Morgan fingerprint density at radius 3 is 2.47 bits per heavy atom. The molecule has 1 heterocycles. The van der Waals surface area contributed by atoms with Gasteiger partial charge in [0.15, 0.2) is 0 Å². The molecule has 1 aromatic heterocycles. The van der Waals surface area contributed by atoms with Gasteiger partial charge in [0, 0.05) is 34.3 Å². The molecule has 0 spiro atoms. The van der Waals surface area contributed by atoms with Gasteiger partial charge in [-0.05, 0) is 49.9 Å². The van der Waals surface area contributed by atoms with E-state index >= 15 is 0 Å². The molecule has 102 valence electrons. The summed E-state index contributed by atoms with van der Waals surface area (Å²) < 4.78 is 3.98. The summed E-state index contributed by atoms with van der Waals surface area (Å²) in [5.74, 6) is 0.431. The second kappa shape index (κ2) is 6.09. The van der Waals surface area contributed by atoms with E-state index in [9.17, 15) is 0 Å². The maximum Gasteiger partial charge on any atom is 0.0699 e. The smallest absolute Gasteiger partial charge is 0.0699 e. The maximum absolute atomic E-state index is 4.52. The molecule has 0 aliphatic rings. The van der Waals surface area contributed by atoms with Gasteiger partial charge in [-0.2, -0.15) is 5.10 Å². The van der Waals surface area contributed by atoms with Crippen LogP contribution in [0.5, 0.6) is 0 Å². The molecule has 0 atom stereocenters. The van der Waals surface area contributed by atoms with Crippen molar-refractivity contribution in [1.82, 2.24) is 9.78 Å². The van der Waals surface area contributed by atoms with Crippen molar-refractivity contribution in [3.8, 4) is 0 Å². The van der Waals surface area contributed by atoms with Crippen molar-refractivity contribution < 1.29 is 0 Å². The molecule has 0 amide bonds. The van der Waals surface area contributed by atoms with E-state index in [1.807, 2.05) is 29.9 Å². The van der Waals surface area contributed by atoms with Gasteiger partial charge in [-0.15, -0.1) is 0 Å². The third-order valence-corrected chi connectivity index (χ3v) is 4.22. The normalized spacial score (nSPS) is 11.1. The minimum atomic E-state index is 0.431. The first-order chi connectivity index (χ1) is 8.99. The summed E-state index contributed by atoms with van der Waals surface area (Å²) in [5.41, 5.74) is 3.46. The Balaban J connectivity index is 2.19. The number of hydrogen-bond acceptors (Lipinski definition) is 2. The molecule has 0 radical (unpaired) electrons. The van der Waals surface area contributed by atoms with Crippen LogP contribution in [0.4, 0.5) is 5.69 Å². The van der Waals surface area contributed by atoms with Crippen molar-refractivity contribution in [2.24, 2.45) is 7.05 Å². The number of rotatable bonds is 4. The van der Waals surface area contributed by atoms with E-state index in [-0.39, 0.29) is 0 Å². The van der Waals surface area contributed by atoms with E-state index in [1.54, 1.807) is 0 Å². The fourth-order valence-corrected chi connectivity index (χ4v) is 3.31. The summed E-state index contributed by atoms with van der Waals surface area (Å²) in [4.78, 5) is 0. The number of anilines is 1. The number of hydrogen-bond donors (Lipinski definition) is 1. The maximum atomic E-state index is 4.52. The van der Waals surface area contributed by atoms with Gasteiger partial charge in [-0.25, -0.2) is 0 Å². The molecule has 0 aliphatic carbocycles. The Morgan fingerprint density at radius 1 is 1.26 bits per heavy atom. The molecule has 0 saturated carbocycles. The lowest BCUT2D eigenvalue weighted by Crippen LogP contribution is -2.03. The van der Waals surface area contributed by atoms with Crippen LogP contribution >= 0.6 is 31.9 Å². The molecule has 19 heavy (non-hydrogen) atoms. The van der Waals surface area contributed by atoms with E-state index in [0.29, 0.717) is 5.92 Å². The zero-order valence-electron chi connectivity index (χ0n) is 11.2. The van der Waals surface area contributed by atoms with Crippen molar-refractivity contribution in [2.75, 3.05) is 5.32 Å². The van der Waals surface area contributed by atoms with Gasteiger partial charge in [0.05, 0.1) is 11.4 Å². The van der Waals surface area contributed by atoms with Crippen LogP contribution in [0.3, 0.4) is 0 Å². The first-order valence-corrected chi connectivity index (χ1v) is 7.78. The van der Waals surface area contributed by atoms with Crippen LogP contribution in [-0.4, -0.2) is 9.78 Å². The first-order valence-electron chi connectivity index (χ1n) is 6.19. The summed E-state index contributed by atoms with van der Waals surface area (Å²) in [5, 5.41) is 7.98. The second-order valence-electron chi connectivity index (χ2n) is 4.82. The predicted molar refractivity (Wildman–Crippen MR) is 86.5 cm³/mol. The summed E-state index contributed by atoms with van der Waals surface area (Å²) >= 11 is 7.12. The quantitative estimate of drug-likeness (QED) is 0.826. The van der Waals surface area contributed by atoms with Gasteiger partial charge >= 0.3 is 0 Å². The average molecular weight is 387 g/mol. The van der Waals surface area contributed by atoms with Crippen LogP contribution in [0.15, 0.2) is 33.3 Å². The van der Waals surface area contributed by atoms with Gasteiger partial charge in [0.1, 0.15) is 0 Å². The van der Waals surface area contributed by atoms with Crippen molar-refractivity contribution in [3.63, 3.8) is 0 Å². The molecule has 3 nitrogen and oxygen atoms in total. The number of aromatic nitrogens is 2. The third kappa shape index (κ3) is 3.39. The fourth-order valence-electron chi connectivity index (χ4n) is 2.03. The number of aryl methyl sites for hydroxylation is 1. The Bertz CT molecular complexity index is 556. The molecule has 0 unspecified atom stereocenters. The molecule has 0 aliphatic heterocycles. The Hall–Kier alpha value is -0.810. The second-order valence-corrected chi connectivity index (χ2v) is 6.53. The lowest BCUT2D eigenvalue weighted by Gasteiger charge is -2.11. The SMILES string of the molecule is CC(C)c1nn(C)cc1CNc1c(Br)cccc1Br. The minimum absolute atomic E-state index is 0.431. The van der Waals surface area contributed by atoms with E-state index in [2.05, 4.69) is 62.3 Å². The van der Waals surface area contributed by atoms with Crippen molar-refractivity contribution in [3.05, 3.63) is 44.6 Å². The molecule has 0 fully saturated rings. The molecular weight excluding hydrogens is 370 g/mol. The van der Waals surface area contributed by atoms with Crippen LogP contribution in [0.2, 0.25) is 0 Å². The van der Waals surface area contributed by atoms with E-state index in [0.717, 1.165) is 26.9 Å². The van der Waals surface area contributed by atoms with Gasteiger partial charge in [0.25, 0.3) is 0 Å². The Morgan fingerprint density at radius 2 is 1.89 bits per heavy atom. The standard InChI is InChI=1S/C14H17Br2N3/c1-9(2)13-10(8-19(3)18-13)7-17-14-11(15)5-4-6-12(14)16/h4-6,8-9,17H,7H2,1-3H3. The molecule has 0 bridgehead atoms. The Labute approximate surface area is 130 Å². The van der Waals surface area contributed by atoms with Crippen molar-refractivity contribution in [2.45, 2.75) is 26.3 Å². The largest absolute Gasteiger partial charge is 0.379 e. The predicted octanol–water partition coefficient (Wildman–Crippen LogP) is 4.68. The molecule has 1 aromatic carbocycles.